The summed E-state index contributed by atoms with van der Waals surface area (Å²) >= 11 is 0. The Balaban J connectivity index is 1.77. The van der Waals surface area contributed by atoms with Gasteiger partial charge in [0.1, 0.15) is 0 Å². The smallest absolute Gasteiger partial charge is 0.224 e. The molecule has 2 N–H and O–H groups in total. The molecule has 0 spiro atoms. The van der Waals surface area contributed by atoms with Crippen LogP contribution in [0.15, 0.2) is 0 Å². The fourth-order valence-corrected chi connectivity index (χ4v) is 4.60. The molecule has 0 saturated carbocycles. The SMILES string of the molecule is CCCS(=O)(=O)N1CCC(NC(=O)[C@@H]2CCCNC2)CC1. The van der Waals surface area contributed by atoms with Crippen LogP contribution in [-0.2, 0) is 14.8 Å². The van der Waals surface area contributed by atoms with Crippen LogP contribution in [0.5, 0.6) is 0 Å². The largest absolute Gasteiger partial charge is 0.353 e. The van der Waals surface area contributed by atoms with E-state index in [1.165, 1.54) is 0 Å². The molecule has 2 aliphatic heterocycles. The van der Waals surface area contributed by atoms with Crippen LogP contribution in [0.25, 0.3) is 0 Å². The van der Waals surface area contributed by atoms with Crippen LogP contribution in [0.1, 0.15) is 39.0 Å². The lowest BCUT2D eigenvalue weighted by atomic mass is 9.97. The summed E-state index contributed by atoms with van der Waals surface area (Å²) in [6.45, 7) is 4.68. The van der Waals surface area contributed by atoms with Crippen LogP contribution in [0, 0.1) is 5.92 Å². The second kappa shape index (κ2) is 7.56. The van der Waals surface area contributed by atoms with Crippen molar-refractivity contribution >= 4 is 15.9 Å². The molecular formula is C14H27N3O3S. The van der Waals surface area contributed by atoms with Crippen molar-refractivity contribution in [1.29, 1.82) is 0 Å². The minimum Gasteiger partial charge on any atom is -0.353 e. The van der Waals surface area contributed by atoms with Gasteiger partial charge in [0.2, 0.25) is 15.9 Å². The standard InChI is InChI=1S/C14H27N3O3S/c1-2-10-21(19,20)17-8-5-13(6-9-17)16-14(18)12-4-3-7-15-11-12/h12-13,15H,2-11H2,1H3,(H,16,18)/t12-/m1/s1. The van der Waals surface area contributed by atoms with Gasteiger partial charge in [-0.3, -0.25) is 4.79 Å². The normalized spacial score (nSPS) is 25.7. The molecule has 0 unspecified atom stereocenters. The lowest BCUT2D eigenvalue weighted by Gasteiger charge is -2.32. The molecule has 6 nitrogen and oxygen atoms in total. The van der Waals surface area contributed by atoms with E-state index in [-0.39, 0.29) is 23.6 Å². The summed E-state index contributed by atoms with van der Waals surface area (Å²) in [5, 5.41) is 6.34. The zero-order valence-electron chi connectivity index (χ0n) is 12.8. The van der Waals surface area contributed by atoms with Crippen molar-refractivity contribution in [3.8, 4) is 0 Å². The zero-order valence-corrected chi connectivity index (χ0v) is 13.6. The maximum atomic E-state index is 12.2. The molecule has 21 heavy (non-hydrogen) atoms. The van der Waals surface area contributed by atoms with Crippen LogP contribution in [0.4, 0.5) is 0 Å². The van der Waals surface area contributed by atoms with Crippen LogP contribution < -0.4 is 10.6 Å². The molecule has 1 amide bonds. The number of hydrogen-bond donors (Lipinski definition) is 2. The Morgan fingerprint density at radius 2 is 2.00 bits per heavy atom. The Bertz CT molecular complexity index is 438. The van der Waals surface area contributed by atoms with E-state index in [1.54, 1.807) is 4.31 Å². The van der Waals surface area contributed by atoms with Gasteiger partial charge in [-0.2, -0.15) is 0 Å². The third-order valence-corrected chi connectivity index (χ3v) is 6.40. The van der Waals surface area contributed by atoms with Gasteiger partial charge in [-0.05, 0) is 38.6 Å². The summed E-state index contributed by atoms with van der Waals surface area (Å²) in [4.78, 5) is 12.2. The minimum atomic E-state index is -3.10. The van der Waals surface area contributed by atoms with E-state index in [4.69, 9.17) is 0 Å². The van der Waals surface area contributed by atoms with Crippen molar-refractivity contribution in [2.75, 3.05) is 31.9 Å². The van der Waals surface area contributed by atoms with Crippen molar-refractivity contribution in [1.82, 2.24) is 14.9 Å². The van der Waals surface area contributed by atoms with Crippen molar-refractivity contribution in [2.45, 2.75) is 45.1 Å². The highest BCUT2D eigenvalue weighted by molar-refractivity contribution is 7.89. The molecule has 2 aliphatic rings. The highest BCUT2D eigenvalue weighted by atomic mass is 32.2. The number of rotatable bonds is 5. The Morgan fingerprint density at radius 1 is 1.29 bits per heavy atom. The maximum Gasteiger partial charge on any atom is 0.224 e. The number of hydrogen-bond acceptors (Lipinski definition) is 4. The summed E-state index contributed by atoms with van der Waals surface area (Å²) < 4.78 is 25.6. The monoisotopic (exact) mass is 317 g/mol. The molecule has 0 aromatic heterocycles. The van der Waals surface area contributed by atoms with Crippen LogP contribution >= 0.6 is 0 Å². The highest BCUT2D eigenvalue weighted by Crippen LogP contribution is 2.17. The van der Waals surface area contributed by atoms with Gasteiger partial charge in [0, 0.05) is 25.7 Å². The summed E-state index contributed by atoms with van der Waals surface area (Å²) in [5.74, 6) is 0.412. The number of piperidine rings is 2. The average molecular weight is 317 g/mol. The first-order chi connectivity index (χ1) is 10.0. The summed E-state index contributed by atoms with van der Waals surface area (Å²) in [6.07, 6.45) is 4.08. The van der Waals surface area contributed by atoms with Crippen LogP contribution in [0.2, 0.25) is 0 Å². The van der Waals surface area contributed by atoms with Crippen molar-refractivity contribution in [3.63, 3.8) is 0 Å². The van der Waals surface area contributed by atoms with E-state index in [2.05, 4.69) is 10.6 Å². The minimum absolute atomic E-state index is 0.0700. The first-order valence-corrected chi connectivity index (χ1v) is 9.62. The van der Waals surface area contributed by atoms with Gasteiger partial charge in [0.05, 0.1) is 11.7 Å². The summed E-state index contributed by atoms with van der Waals surface area (Å²) in [5.41, 5.74) is 0. The molecule has 0 radical (unpaired) electrons. The molecule has 0 aromatic rings. The van der Waals surface area contributed by atoms with Gasteiger partial charge in [-0.15, -0.1) is 0 Å². The number of amides is 1. The van der Waals surface area contributed by atoms with Gasteiger partial charge >= 0.3 is 0 Å². The highest BCUT2D eigenvalue weighted by Gasteiger charge is 2.29. The number of nitrogens with one attached hydrogen (secondary N) is 2. The van der Waals surface area contributed by atoms with Gasteiger partial charge in [0.25, 0.3) is 0 Å². The maximum absolute atomic E-state index is 12.2. The molecular weight excluding hydrogens is 290 g/mol. The zero-order chi connectivity index (χ0) is 15.3. The first-order valence-electron chi connectivity index (χ1n) is 8.02. The summed E-state index contributed by atoms with van der Waals surface area (Å²) in [7, 11) is -3.10. The van der Waals surface area contributed by atoms with Gasteiger partial charge in [-0.1, -0.05) is 6.92 Å². The Hall–Kier alpha value is -0.660. The molecule has 2 rings (SSSR count). The van der Waals surface area contributed by atoms with Crippen molar-refractivity contribution < 1.29 is 13.2 Å². The van der Waals surface area contributed by atoms with Gasteiger partial charge < -0.3 is 10.6 Å². The van der Waals surface area contributed by atoms with E-state index in [0.717, 1.165) is 38.8 Å². The first kappa shape index (κ1) is 16.7. The lowest BCUT2D eigenvalue weighted by Crippen LogP contribution is -2.49. The predicted molar refractivity (Wildman–Crippen MR) is 82.4 cm³/mol. The molecule has 2 fully saturated rings. The Labute approximate surface area is 127 Å². The van der Waals surface area contributed by atoms with E-state index in [9.17, 15) is 13.2 Å². The fraction of sp³-hybridized carbons (Fsp3) is 0.929. The number of nitrogens with zero attached hydrogens (tertiary/aromatic N) is 1. The molecule has 2 saturated heterocycles. The average Bonchev–Trinajstić information content (AvgIpc) is 2.48. The second-order valence-corrected chi connectivity index (χ2v) is 8.13. The lowest BCUT2D eigenvalue weighted by molar-refractivity contribution is -0.126. The van der Waals surface area contributed by atoms with E-state index >= 15 is 0 Å². The molecule has 2 heterocycles. The number of carbonyl (C=O) groups excluding carboxylic acids is 1. The molecule has 0 bridgehead atoms. The summed E-state index contributed by atoms with van der Waals surface area (Å²) in [6, 6.07) is 0.118. The quantitative estimate of drug-likeness (QED) is 0.765. The van der Waals surface area contributed by atoms with E-state index < -0.39 is 10.0 Å². The third-order valence-electron chi connectivity index (χ3n) is 4.32. The predicted octanol–water partition coefficient (Wildman–Crippen LogP) is 0.306. The van der Waals surface area contributed by atoms with Gasteiger partial charge in [-0.25, -0.2) is 12.7 Å². The second-order valence-electron chi connectivity index (χ2n) is 6.04. The topological polar surface area (TPSA) is 78.5 Å². The number of carbonyl (C=O) groups is 1. The third kappa shape index (κ3) is 4.66. The number of sulfonamides is 1. The Kier molecular flexibility index (Phi) is 6.01. The molecule has 122 valence electrons. The molecule has 1 atom stereocenters. The Morgan fingerprint density at radius 3 is 2.57 bits per heavy atom. The van der Waals surface area contributed by atoms with Crippen molar-refractivity contribution in [2.24, 2.45) is 5.92 Å². The van der Waals surface area contributed by atoms with Gasteiger partial charge in [0.15, 0.2) is 0 Å². The van der Waals surface area contributed by atoms with E-state index in [1.807, 2.05) is 6.92 Å². The van der Waals surface area contributed by atoms with E-state index in [0.29, 0.717) is 19.5 Å². The molecule has 7 heteroatoms. The van der Waals surface area contributed by atoms with Crippen LogP contribution in [-0.4, -0.2) is 56.6 Å². The fourth-order valence-electron chi connectivity index (χ4n) is 3.06. The molecule has 0 aromatic carbocycles. The molecule has 0 aliphatic carbocycles. The van der Waals surface area contributed by atoms with Crippen LogP contribution in [0.3, 0.4) is 0 Å². The van der Waals surface area contributed by atoms with Crippen molar-refractivity contribution in [3.05, 3.63) is 0 Å².